The van der Waals surface area contributed by atoms with E-state index in [1.165, 1.54) is 0 Å². The Labute approximate surface area is 121 Å². The van der Waals surface area contributed by atoms with Gasteiger partial charge >= 0.3 is 5.97 Å². The van der Waals surface area contributed by atoms with Gasteiger partial charge in [-0.05, 0) is 17.7 Å². The molecule has 0 bridgehead atoms. The van der Waals surface area contributed by atoms with Crippen molar-refractivity contribution in [3.8, 4) is 0 Å². The van der Waals surface area contributed by atoms with Gasteiger partial charge in [-0.3, -0.25) is 14.3 Å². The van der Waals surface area contributed by atoms with Crippen molar-refractivity contribution in [1.82, 2.24) is 15.0 Å². The summed E-state index contributed by atoms with van der Waals surface area (Å²) in [6, 6.07) is 6.82. The van der Waals surface area contributed by atoms with Crippen molar-refractivity contribution in [1.29, 1.82) is 0 Å². The summed E-state index contributed by atoms with van der Waals surface area (Å²) >= 11 is 0. The highest BCUT2D eigenvalue weighted by atomic mass is 16.4. The van der Waals surface area contributed by atoms with Gasteiger partial charge in [-0.1, -0.05) is 17.3 Å². The number of nitrogens with zero attached hydrogens (tertiary/aromatic N) is 3. The molecule has 2 rings (SSSR count). The lowest BCUT2D eigenvalue weighted by Crippen LogP contribution is -2.12. The lowest BCUT2D eigenvalue weighted by molar-refractivity contribution is -0.136. The second kappa shape index (κ2) is 6.65. The number of carbonyl (C=O) groups excluding carboxylic acids is 1. The average Bonchev–Trinajstić information content (AvgIpc) is 2.82. The molecule has 110 valence electrons. The molecule has 1 amide bonds. The number of carboxylic acid groups (broad SMARTS) is 1. The molecule has 0 fully saturated rings. The van der Waals surface area contributed by atoms with Crippen LogP contribution in [0.1, 0.15) is 17.7 Å². The molecule has 0 saturated heterocycles. The van der Waals surface area contributed by atoms with Gasteiger partial charge in [-0.15, -0.1) is 5.10 Å². The largest absolute Gasteiger partial charge is 0.481 e. The van der Waals surface area contributed by atoms with Crippen LogP contribution in [0.2, 0.25) is 0 Å². The molecule has 7 heteroatoms. The Morgan fingerprint density at radius 2 is 2.19 bits per heavy atom. The standard InChI is InChI=1S/C14H16N4O3/c1-18-9-12(16-17-18)5-6-13(19)15-11-4-2-3-10(7-11)8-14(20)21/h2-4,7,9H,5-6,8H2,1H3,(H,15,19)(H,20,21). The first kappa shape index (κ1) is 14.7. The molecule has 2 aromatic rings. The number of amides is 1. The molecular formula is C14H16N4O3. The first-order valence-corrected chi connectivity index (χ1v) is 6.49. The van der Waals surface area contributed by atoms with Crippen LogP contribution >= 0.6 is 0 Å². The quantitative estimate of drug-likeness (QED) is 0.827. The maximum absolute atomic E-state index is 11.8. The normalized spacial score (nSPS) is 10.3. The Balaban J connectivity index is 1.88. The molecule has 0 unspecified atom stereocenters. The van der Waals surface area contributed by atoms with Crippen molar-refractivity contribution in [2.24, 2.45) is 7.05 Å². The van der Waals surface area contributed by atoms with Gasteiger partial charge in [0, 0.05) is 31.8 Å². The minimum absolute atomic E-state index is 0.0662. The SMILES string of the molecule is Cn1cc(CCC(=O)Nc2cccc(CC(=O)O)c2)nn1. The number of benzene rings is 1. The number of carboxylic acids is 1. The molecule has 0 spiro atoms. The topological polar surface area (TPSA) is 97.1 Å². The third-order valence-corrected chi connectivity index (χ3v) is 2.82. The van der Waals surface area contributed by atoms with Crippen molar-refractivity contribution in [3.63, 3.8) is 0 Å². The van der Waals surface area contributed by atoms with Gasteiger partial charge in [-0.25, -0.2) is 0 Å². The van der Waals surface area contributed by atoms with Crippen LogP contribution in [-0.2, 0) is 29.5 Å². The van der Waals surface area contributed by atoms with E-state index in [0.717, 1.165) is 5.69 Å². The number of nitrogens with one attached hydrogen (secondary N) is 1. The van der Waals surface area contributed by atoms with Gasteiger partial charge in [0.15, 0.2) is 0 Å². The summed E-state index contributed by atoms with van der Waals surface area (Å²) in [4.78, 5) is 22.5. The Hall–Kier alpha value is -2.70. The highest BCUT2D eigenvalue weighted by Crippen LogP contribution is 2.12. The zero-order valence-corrected chi connectivity index (χ0v) is 11.6. The summed E-state index contributed by atoms with van der Waals surface area (Å²) in [7, 11) is 1.77. The van der Waals surface area contributed by atoms with Crippen molar-refractivity contribution >= 4 is 17.6 Å². The van der Waals surface area contributed by atoms with Gasteiger partial charge in [0.25, 0.3) is 0 Å². The van der Waals surface area contributed by atoms with Crippen LogP contribution in [0.25, 0.3) is 0 Å². The highest BCUT2D eigenvalue weighted by molar-refractivity contribution is 5.91. The third kappa shape index (κ3) is 4.72. The van der Waals surface area contributed by atoms with E-state index in [2.05, 4.69) is 15.6 Å². The fourth-order valence-electron chi connectivity index (χ4n) is 1.91. The van der Waals surface area contributed by atoms with Crippen molar-refractivity contribution < 1.29 is 14.7 Å². The summed E-state index contributed by atoms with van der Waals surface area (Å²) in [5, 5.41) is 19.2. The molecule has 0 radical (unpaired) electrons. The van der Waals surface area contributed by atoms with Crippen LogP contribution in [0.4, 0.5) is 5.69 Å². The first-order chi connectivity index (χ1) is 10.0. The van der Waals surface area contributed by atoms with Gasteiger partial charge in [0.05, 0.1) is 12.1 Å². The summed E-state index contributed by atoms with van der Waals surface area (Å²) < 4.78 is 1.59. The molecular weight excluding hydrogens is 272 g/mol. The first-order valence-electron chi connectivity index (χ1n) is 6.49. The summed E-state index contributed by atoms with van der Waals surface area (Å²) in [5.74, 6) is -1.05. The Kier molecular flexibility index (Phi) is 4.65. The number of hydrogen-bond donors (Lipinski definition) is 2. The Morgan fingerprint density at radius 3 is 2.86 bits per heavy atom. The molecule has 0 aliphatic carbocycles. The van der Waals surface area contributed by atoms with E-state index in [9.17, 15) is 9.59 Å². The molecule has 1 heterocycles. The van der Waals surface area contributed by atoms with Gasteiger partial charge in [0.1, 0.15) is 0 Å². The molecule has 1 aromatic heterocycles. The number of anilines is 1. The second-order valence-electron chi connectivity index (χ2n) is 4.70. The van der Waals surface area contributed by atoms with Crippen molar-refractivity contribution in [2.45, 2.75) is 19.3 Å². The smallest absolute Gasteiger partial charge is 0.307 e. The lowest BCUT2D eigenvalue weighted by Gasteiger charge is -2.06. The summed E-state index contributed by atoms with van der Waals surface area (Å²) in [5.41, 5.74) is 2.00. The highest BCUT2D eigenvalue weighted by Gasteiger charge is 2.07. The molecule has 0 aliphatic heterocycles. The van der Waals surface area contributed by atoms with E-state index in [1.807, 2.05) is 0 Å². The van der Waals surface area contributed by atoms with Gasteiger partial charge < -0.3 is 10.4 Å². The van der Waals surface area contributed by atoms with Gasteiger partial charge in [0.2, 0.25) is 5.91 Å². The zero-order valence-electron chi connectivity index (χ0n) is 11.6. The predicted octanol–water partition coefficient (Wildman–Crippen LogP) is 1.01. The van der Waals surface area contributed by atoms with E-state index in [0.29, 0.717) is 24.1 Å². The number of hydrogen-bond acceptors (Lipinski definition) is 4. The van der Waals surface area contributed by atoms with Crippen LogP contribution in [0.5, 0.6) is 0 Å². The van der Waals surface area contributed by atoms with Crippen LogP contribution in [0.3, 0.4) is 0 Å². The molecule has 0 aliphatic rings. The zero-order chi connectivity index (χ0) is 15.2. The van der Waals surface area contributed by atoms with E-state index in [4.69, 9.17) is 5.11 Å². The Morgan fingerprint density at radius 1 is 1.38 bits per heavy atom. The van der Waals surface area contributed by atoms with Gasteiger partial charge in [-0.2, -0.15) is 0 Å². The van der Waals surface area contributed by atoms with Crippen molar-refractivity contribution in [3.05, 3.63) is 41.7 Å². The lowest BCUT2D eigenvalue weighted by atomic mass is 10.1. The van der Waals surface area contributed by atoms with Crippen molar-refractivity contribution in [2.75, 3.05) is 5.32 Å². The molecule has 2 N–H and O–H groups in total. The fraction of sp³-hybridized carbons (Fsp3) is 0.286. The summed E-state index contributed by atoms with van der Waals surface area (Å²) in [6.07, 6.45) is 2.50. The number of carbonyl (C=O) groups is 2. The van der Waals surface area contributed by atoms with E-state index in [1.54, 1.807) is 42.2 Å². The molecule has 0 saturated carbocycles. The van der Waals surface area contributed by atoms with Crippen LogP contribution in [0, 0.1) is 0 Å². The van der Waals surface area contributed by atoms with E-state index < -0.39 is 5.97 Å². The fourth-order valence-corrected chi connectivity index (χ4v) is 1.91. The van der Waals surface area contributed by atoms with Crippen LogP contribution in [0.15, 0.2) is 30.5 Å². The van der Waals surface area contributed by atoms with E-state index in [-0.39, 0.29) is 12.3 Å². The average molecular weight is 288 g/mol. The predicted molar refractivity (Wildman–Crippen MR) is 75.7 cm³/mol. The molecule has 21 heavy (non-hydrogen) atoms. The minimum atomic E-state index is -0.902. The molecule has 7 nitrogen and oxygen atoms in total. The van der Waals surface area contributed by atoms with Crippen LogP contribution in [-0.4, -0.2) is 32.0 Å². The maximum Gasteiger partial charge on any atom is 0.307 e. The molecule has 0 atom stereocenters. The summed E-state index contributed by atoms with van der Waals surface area (Å²) in [6.45, 7) is 0. The molecule has 1 aromatic carbocycles. The third-order valence-electron chi connectivity index (χ3n) is 2.82. The van der Waals surface area contributed by atoms with Crippen LogP contribution < -0.4 is 5.32 Å². The number of aryl methyl sites for hydroxylation is 2. The Bertz CT molecular complexity index is 651. The number of rotatable bonds is 6. The number of aromatic nitrogens is 3. The maximum atomic E-state index is 11.8. The minimum Gasteiger partial charge on any atom is -0.481 e. The monoisotopic (exact) mass is 288 g/mol. The second-order valence-corrected chi connectivity index (χ2v) is 4.70. The van der Waals surface area contributed by atoms with E-state index >= 15 is 0 Å². The number of aliphatic carboxylic acids is 1.